The maximum Gasteiger partial charge on any atom is 0.333 e. The Balaban J connectivity index is 1.12. The molecule has 10 aromatic carbocycles. The lowest BCUT2D eigenvalue weighted by Crippen LogP contribution is -2.60. The molecule has 0 aliphatic carbocycles. The maximum absolute atomic E-state index is 6.78. The van der Waals surface area contributed by atoms with Gasteiger partial charge in [0, 0.05) is 61.2 Å². The van der Waals surface area contributed by atoms with Crippen LogP contribution in [0.3, 0.4) is 0 Å². The molecule has 0 bridgehead atoms. The molecule has 0 atom stereocenters. The fraction of sp³-hybridized carbons (Fsp3) is 0.0164. The van der Waals surface area contributed by atoms with Gasteiger partial charge < -0.3 is 28.3 Å². The zero-order valence-corrected chi connectivity index (χ0v) is 37.0. The molecule has 12 aromatic rings. The van der Waals surface area contributed by atoms with Gasteiger partial charge in [-0.1, -0.05) is 121 Å². The zero-order valence-electron chi connectivity index (χ0n) is 37.0. The monoisotopic (exact) mass is 870 g/mol. The molecule has 7 heteroatoms. The van der Waals surface area contributed by atoms with Gasteiger partial charge in [0.1, 0.15) is 11.2 Å². The third-order valence-corrected chi connectivity index (χ3v) is 14.4. The summed E-state index contributed by atoms with van der Waals surface area (Å²) in [6.07, 6.45) is 0. The van der Waals surface area contributed by atoms with Gasteiger partial charge in [-0.25, -0.2) is 0 Å². The van der Waals surface area contributed by atoms with E-state index in [1.54, 1.807) is 0 Å². The molecule has 318 valence electrons. The summed E-state index contributed by atoms with van der Waals surface area (Å²) in [7, 11) is 0. The molecule has 3 aliphatic rings. The van der Waals surface area contributed by atoms with Gasteiger partial charge in [-0.2, -0.15) is 0 Å². The molecular formula is C61H39BN4O2. The molecule has 0 saturated carbocycles. The lowest BCUT2D eigenvalue weighted by molar-refractivity contribution is 0.477. The minimum atomic E-state index is -0.234. The van der Waals surface area contributed by atoms with E-state index in [1.807, 2.05) is 0 Å². The van der Waals surface area contributed by atoms with Crippen molar-refractivity contribution in [2.75, 3.05) is 14.6 Å². The van der Waals surface area contributed by atoms with Gasteiger partial charge in [-0.05, 0) is 127 Å². The predicted molar refractivity (Wildman–Crippen MR) is 281 cm³/mol. The summed E-state index contributed by atoms with van der Waals surface area (Å²) < 4.78 is 16.0. The highest BCUT2D eigenvalue weighted by atomic mass is 16.5. The molecule has 0 amide bonds. The molecule has 0 N–H and O–H groups in total. The fourth-order valence-corrected chi connectivity index (χ4v) is 11.5. The Morgan fingerprint density at radius 1 is 0.456 bits per heavy atom. The minimum absolute atomic E-state index is 0.234. The number of hydrogen-bond donors (Lipinski definition) is 0. The largest absolute Gasteiger partial charge is 0.456 e. The summed E-state index contributed by atoms with van der Waals surface area (Å²) in [5, 5.41) is 4.59. The molecule has 0 spiro atoms. The van der Waals surface area contributed by atoms with Crippen LogP contribution in [-0.2, 0) is 0 Å². The number of anilines is 8. The highest BCUT2D eigenvalue weighted by Crippen LogP contribution is 2.56. The van der Waals surface area contributed by atoms with Gasteiger partial charge in [0.05, 0.1) is 28.1 Å². The first-order valence-corrected chi connectivity index (χ1v) is 23.3. The summed E-state index contributed by atoms with van der Waals surface area (Å²) >= 11 is 0. The first-order valence-electron chi connectivity index (χ1n) is 23.3. The van der Waals surface area contributed by atoms with Crippen molar-refractivity contribution in [3.8, 4) is 28.3 Å². The molecule has 5 heterocycles. The van der Waals surface area contributed by atoms with Crippen molar-refractivity contribution < 1.29 is 9.15 Å². The molecule has 15 rings (SSSR count). The van der Waals surface area contributed by atoms with Gasteiger partial charge >= 0.3 is 6.85 Å². The third kappa shape index (κ3) is 5.18. The Hall–Kier alpha value is -8.94. The molecule has 2 aromatic heterocycles. The number of para-hydroxylation sites is 8. The Bertz CT molecular complexity index is 3960. The minimum Gasteiger partial charge on any atom is -0.456 e. The quantitative estimate of drug-likeness (QED) is 0.161. The predicted octanol–water partition coefficient (Wildman–Crippen LogP) is 15.3. The Morgan fingerprint density at radius 2 is 1.10 bits per heavy atom. The highest BCUT2D eigenvalue weighted by molar-refractivity contribution is 6.94. The van der Waals surface area contributed by atoms with E-state index in [1.165, 1.54) is 38.3 Å². The van der Waals surface area contributed by atoms with Crippen LogP contribution >= 0.6 is 0 Å². The second kappa shape index (κ2) is 14.0. The van der Waals surface area contributed by atoms with Crippen LogP contribution in [0.5, 0.6) is 11.5 Å². The van der Waals surface area contributed by atoms with Crippen LogP contribution in [0, 0.1) is 6.92 Å². The number of aromatic nitrogens is 1. The van der Waals surface area contributed by atoms with Crippen LogP contribution in [0.25, 0.3) is 60.6 Å². The molecule has 0 radical (unpaired) electrons. The van der Waals surface area contributed by atoms with Crippen molar-refractivity contribution in [2.45, 2.75) is 6.92 Å². The number of ether oxygens (including phenoxy) is 1. The van der Waals surface area contributed by atoms with Crippen LogP contribution in [0.4, 0.5) is 45.5 Å². The number of hydrogen-bond acceptors (Lipinski definition) is 5. The Labute approximate surface area is 392 Å². The SMILES string of the molecule is Cc1ccc(N2B3c4cc5oc6ccccc6c5cc4-n4c5ccccc5c5c(N6c7ccccc7Oc7ccccc76)cc(c3c54)-c3ccc(N(c4ccccc4)c4ccccc4)cc32)cc1. The topological polar surface area (TPSA) is 37.0 Å². The molecule has 68 heavy (non-hydrogen) atoms. The average molecular weight is 871 g/mol. The molecule has 0 saturated heterocycles. The third-order valence-electron chi connectivity index (χ3n) is 14.4. The van der Waals surface area contributed by atoms with E-state index < -0.39 is 0 Å². The van der Waals surface area contributed by atoms with Crippen LogP contribution in [0.1, 0.15) is 5.56 Å². The number of benzene rings is 10. The van der Waals surface area contributed by atoms with Crippen molar-refractivity contribution in [2.24, 2.45) is 0 Å². The average Bonchev–Trinajstić information content (AvgIpc) is 3.94. The van der Waals surface area contributed by atoms with Crippen molar-refractivity contribution >= 4 is 107 Å². The smallest absolute Gasteiger partial charge is 0.333 e. The summed E-state index contributed by atoms with van der Waals surface area (Å²) in [5.41, 5.74) is 19.8. The van der Waals surface area contributed by atoms with Gasteiger partial charge in [-0.3, -0.25) is 0 Å². The van der Waals surface area contributed by atoms with E-state index in [-0.39, 0.29) is 6.85 Å². The van der Waals surface area contributed by atoms with Crippen molar-refractivity contribution in [1.29, 1.82) is 0 Å². The van der Waals surface area contributed by atoms with E-state index in [0.717, 1.165) is 95.7 Å². The molecule has 0 unspecified atom stereocenters. The number of fused-ring (bicyclic) bond motifs is 13. The summed E-state index contributed by atoms with van der Waals surface area (Å²) in [4.78, 5) is 7.40. The van der Waals surface area contributed by atoms with E-state index in [4.69, 9.17) is 9.15 Å². The number of aryl methyl sites for hydroxylation is 1. The first kappa shape index (κ1) is 37.3. The van der Waals surface area contributed by atoms with Gasteiger partial charge in [0.25, 0.3) is 0 Å². The summed E-state index contributed by atoms with van der Waals surface area (Å²) in [5.74, 6) is 1.64. The number of nitrogens with zero attached hydrogens (tertiary/aromatic N) is 4. The first-order chi connectivity index (χ1) is 33.7. The zero-order chi connectivity index (χ0) is 44.6. The molecule has 0 fully saturated rings. The molecule has 3 aliphatic heterocycles. The molecular weight excluding hydrogens is 832 g/mol. The number of furan rings is 1. The normalized spacial score (nSPS) is 13.1. The second-order valence-electron chi connectivity index (χ2n) is 18.1. The van der Waals surface area contributed by atoms with Crippen molar-refractivity contribution in [3.63, 3.8) is 0 Å². The Morgan fingerprint density at radius 3 is 1.84 bits per heavy atom. The van der Waals surface area contributed by atoms with Crippen molar-refractivity contribution in [3.05, 3.63) is 224 Å². The lowest BCUT2D eigenvalue weighted by Gasteiger charge is -2.43. The summed E-state index contributed by atoms with van der Waals surface area (Å²) in [6, 6.07) is 78.9. The summed E-state index contributed by atoms with van der Waals surface area (Å²) in [6.45, 7) is 1.93. The Kier molecular flexibility index (Phi) is 7.70. The maximum atomic E-state index is 6.78. The second-order valence-corrected chi connectivity index (χ2v) is 18.1. The van der Waals surface area contributed by atoms with Gasteiger partial charge in [-0.15, -0.1) is 0 Å². The van der Waals surface area contributed by atoms with Crippen LogP contribution < -0.4 is 30.3 Å². The molecule has 6 nitrogen and oxygen atoms in total. The standard InChI is InChI=1S/C61H39BN4O2/c1-38-28-30-41(31-29-38)66-52-34-42(63(39-16-4-2-5-17-39)40-18-6-3-7-19-40)32-33-43(52)47-36-54(64-50-23-11-14-26-56(50)68-57-27-15-12-24-51(57)64)59-45-21-8-10-22-49(45)65-53-35-46-44-20-9-13-25-55(44)67-58(46)37-48(53)62(66)60(47)61(59)65/h2-37H,1H3. The lowest BCUT2D eigenvalue weighted by atomic mass is 9.44. The fourth-order valence-electron chi connectivity index (χ4n) is 11.5. The van der Waals surface area contributed by atoms with Crippen molar-refractivity contribution in [1.82, 2.24) is 4.57 Å². The van der Waals surface area contributed by atoms with E-state index >= 15 is 0 Å². The van der Waals surface area contributed by atoms with E-state index in [9.17, 15) is 0 Å². The van der Waals surface area contributed by atoms with Crippen LogP contribution in [0.2, 0.25) is 0 Å². The van der Waals surface area contributed by atoms with E-state index in [2.05, 4.69) is 244 Å². The van der Waals surface area contributed by atoms with Crippen LogP contribution in [-0.4, -0.2) is 11.4 Å². The van der Waals surface area contributed by atoms with E-state index in [0.29, 0.717) is 0 Å². The van der Waals surface area contributed by atoms with Gasteiger partial charge in [0.2, 0.25) is 0 Å². The van der Waals surface area contributed by atoms with Crippen LogP contribution in [0.15, 0.2) is 223 Å². The van der Waals surface area contributed by atoms with Gasteiger partial charge in [0.15, 0.2) is 11.5 Å². The number of rotatable bonds is 5. The highest BCUT2D eigenvalue weighted by Gasteiger charge is 2.46.